The molecule has 0 bridgehead atoms. The molecule has 4 heteroatoms. The van der Waals surface area contributed by atoms with E-state index in [0.717, 1.165) is 5.69 Å². The molecule has 1 aliphatic heterocycles. The van der Waals surface area contributed by atoms with E-state index < -0.39 is 0 Å². The van der Waals surface area contributed by atoms with E-state index in [4.69, 9.17) is 0 Å². The summed E-state index contributed by atoms with van der Waals surface area (Å²) in [4.78, 5) is 2.49. The van der Waals surface area contributed by atoms with E-state index >= 15 is 0 Å². The van der Waals surface area contributed by atoms with Crippen LogP contribution in [0.25, 0.3) is 69.9 Å². The Labute approximate surface area is 318 Å². The van der Waals surface area contributed by atoms with Crippen molar-refractivity contribution in [2.24, 2.45) is 0 Å². The van der Waals surface area contributed by atoms with E-state index in [0.29, 0.717) is 0 Å². The molecule has 1 N–H and O–H groups in total. The van der Waals surface area contributed by atoms with Crippen molar-refractivity contribution >= 4 is 59.0 Å². The van der Waals surface area contributed by atoms with Crippen molar-refractivity contribution in [2.75, 3.05) is 4.90 Å². The van der Waals surface area contributed by atoms with Crippen LogP contribution in [0.2, 0.25) is 0 Å². The third-order valence-electron chi connectivity index (χ3n) is 11.1. The Kier molecular flexibility index (Phi) is 7.25. The molecule has 2 atom stereocenters. The molecular formula is C50H35N3S. The maximum absolute atomic E-state index is 3.82. The Hall–Kier alpha value is -6.46. The average Bonchev–Trinajstić information content (AvgIpc) is 3.78. The predicted molar refractivity (Wildman–Crippen MR) is 229 cm³/mol. The zero-order valence-electron chi connectivity index (χ0n) is 29.4. The number of anilines is 1. The maximum Gasteiger partial charge on any atom is 0.109 e. The molecule has 1 aliphatic rings. The number of fused-ring (bicyclic) bond motifs is 6. The highest BCUT2D eigenvalue weighted by atomic mass is 32.1. The summed E-state index contributed by atoms with van der Waals surface area (Å²) in [5, 5.41) is 8.97. The van der Waals surface area contributed by atoms with Crippen LogP contribution in [0.4, 0.5) is 5.69 Å². The summed E-state index contributed by atoms with van der Waals surface area (Å²) in [6.07, 6.45) is 0.202. The average molecular weight is 710 g/mol. The quantitative estimate of drug-likeness (QED) is 0.185. The Morgan fingerprint density at radius 3 is 1.56 bits per heavy atom. The van der Waals surface area contributed by atoms with Crippen LogP contribution < -0.4 is 10.2 Å². The van der Waals surface area contributed by atoms with Crippen LogP contribution in [0.1, 0.15) is 23.5 Å². The third-order valence-corrected chi connectivity index (χ3v) is 12.4. The molecule has 0 aliphatic carbocycles. The lowest BCUT2D eigenvalue weighted by molar-refractivity contribution is 0.276. The van der Waals surface area contributed by atoms with Crippen LogP contribution in [0.15, 0.2) is 194 Å². The lowest BCUT2D eigenvalue weighted by atomic mass is 9.99. The summed E-state index contributed by atoms with van der Waals surface area (Å²) in [5.41, 5.74) is 12.3. The Morgan fingerprint density at radius 1 is 0.389 bits per heavy atom. The first-order valence-corrected chi connectivity index (χ1v) is 19.4. The molecule has 11 rings (SSSR count). The fourth-order valence-corrected chi connectivity index (χ4v) is 9.92. The summed E-state index contributed by atoms with van der Waals surface area (Å²) in [6.45, 7) is 0. The molecule has 0 spiro atoms. The Morgan fingerprint density at radius 2 is 0.907 bits per heavy atom. The second-order valence-corrected chi connectivity index (χ2v) is 15.2. The summed E-state index contributed by atoms with van der Waals surface area (Å²) < 4.78 is 5.09. The van der Waals surface area contributed by atoms with Gasteiger partial charge in [-0.05, 0) is 75.8 Å². The number of nitrogens with one attached hydrogen (secondary N) is 1. The summed E-state index contributed by atoms with van der Waals surface area (Å²) in [7, 11) is 0. The van der Waals surface area contributed by atoms with Gasteiger partial charge in [0, 0.05) is 42.3 Å². The van der Waals surface area contributed by atoms with Crippen LogP contribution in [0.5, 0.6) is 0 Å². The van der Waals surface area contributed by atoms with Gasteiger partial charge in [0.2, 0.25) is 0 Å². The smallest absolute Gasteiger partial charge is 0.109 e. The molecule has 8 aromatic carbocycles. The number of hydrogen-bond donors (Lipinski definition) is 1. The third kappa shape index (κ3) is 4.92. The fraction of sp³-hybridized carbons (Fsp3) is 0.0400. The van der Waals surface area contributed by atoms with E-state index in [1.165, 1.54) is 81.0 Å². The van der Waals surface area contributed by atoms with E-state index in [1.807, 2.05) is 11.3 Å². The lowest BCUT2D eigenvalue weighted by Gasteiger charge is -2.51. The van der Waals surface area contributed by atoms with Gasteiger partial charge in [0.15, 0.2) is 0 Å². The second kappa shape index (κ2) is 12.6. The normalized spacial score (nSPS) is 15.7. The molecule has 2 aromatic heterocycles. The first-order valence-electron chi connectivity index (χ1n) is 18.6. The highest BCUT2D eigenvalue weighted by molar-refractivity contribution is 7.26. The van der Waals surface area contributed by atoms with Crippen LogP contribution >= 0.6 is 11.3 Å². The Balaban J connectivity index is 1.01. The van der Waals surface area contributed by atoms with Crippen LogP contribution in [-0.4, -0.2) is 4.57 Å². The van der Waals surface area contributed by atoms with Crippen molar-refractivity contribution in [1.82, 2.24) is 9.88 Å². The number of benzene rings is 8. The maximum atomic E-state index is 3.82. The predicted octanol–water partition coefficient (Wildman–Crippen LogP) is 13.3. The first-order chi connectivity index (χ1) is 26.8. The van der Waals surface area contributed by atoms with Gasteiger partial charge in [-0.15, -0.1) is 11.3 Å². The molecule has 1 fully saturated rings. The van der Waals surface area contributed by atoms with E-state index in [1.54, 1.807) is 0 Å². The molecule has 3 heterocycles. The van der Waals surface area contributed by atoms with Gasteiger partial charge >= 0.3 is 0 Å². The highest BCUT2D eigenvalue weighted by Crippen LogP contribution is 2.46. The lowest BCUT2D eigenvalue weighted by Crippen LogP contribution is -2.57. The number of hydrogen-bond acceptors (Lipinski definition) is 3. The number of nitrogens with zero attached hydrogens (tertiary/aromatic N) is 2. The highest BCUT2D eigenvalue weighted by Gasteiger charge is 2.39. The van der Waals surface area contributed by atoms with Crippen molar-refractivity contribution in [3.05, 3.63) is 205 Å². The molecule has 256 valence electrons. The van der Waals surface area contributed by atoms with Gasteiger partial charge in [-0.25, -0.2) is 0 Å². The fourth-order valence-electron chi connectivity index (χ4n) is 8.54. The van der Waals surface area contributed by atoms with Gasteiger partial charge in [-0.1, -0.05) is 152 Å². The SMILES string of the molecule is c1ccc(-c2cccc3c2sc2c(-c4ccc5c(c4)c4ccccc4n5-c4ccc(N5C(c6ccccc6)NC5c5ccccc5)cc4)cccc23)cc1. The molecule has 3 nitrogen and oxygen atoms in total. The molecule has 0 saturated carbocycles. The molecule has 54 heavy (non-hydrogen) atoms. The summed E-state index contributed by atoms with van der Waals surface area (Å²) in [5.74, 6) is 0. The van der Waals surface area contributed by atoms with E-state index in [2.05, 4.69) is 209 Å². The Bertz CT molecular complexity index is 2920. The molecule has 1 saturated heterocycles. The zero-order valence-corrected chi connectivity index (χ0v) is 30.2. The molecule has 0 radical (unpaired) electrons. The van der Waals surface area contributed by atoms with E-state index in [-0.39, 0.29) is 12.3 Å². The molecule has 10 aromatic rings. The van der Waals surface area contributed by atoms with Gasteiger partial charge in [0.05, 0.1) is 11.0 Å². The number of thiophene rings is 1. The van der Waals surface area contributed by atoms with Gasteiger partial charge in [0.1, 0.15) is 12.3 Å². The largest absolute Gasteiger partial charge is 0.332 e. The second-order valence-electron chi connectivity index (χ2n) is 14.1. The monoisotopic (exact) mass is 709 g/mol. The van der Waals surface area contributed by atoms with Crippen molar-refractivity contribution in [2.45, 2.75) is 12.3 Å². The standard InChI is InChI=1S/C50H35N3S/c1-4-14-33(15-5-1)39-21-12-23-42-43-24-13-22-40(48(43)54-47(39)42)36-26-31-46-44(32-36)41-20-10-11-25-45(41)52(46)37-27-29-38(30-28-37)53-49(34-16-6-2-7-17-34)51-50(53)35-18-8-3-9-19-35/h1-32,49-51H. The van der Waals surface area contributed by atoms with Gasteiger partial charge in [0.25, 0.3) is 0 Å². The van der Waals surface area contributed by atoms with Crippen LogP contribution in [-0.2, 0) is 0 Å². The minimum Gasteiger partial charge on any atom is -0.332 e. The number of para-hydroxylation sites is 1. The minimum atomic E-state index is 0.101. The van der Waals surface area contributed by atoms with Crippen molar-refractivity contribution in [3.8, 4) is 27.9 Å². The first kappa shape index (κ1) is 31.1. The van der Waals surface area contributed by atoms with Crippen molar-refractivity contribution in [3.63, 3.8) is 0 Å². The van der Waals surface area contributed by atoms with Gasteiger partial charge < -0.3 is 9.47 Å². The van der Waals surface area contributed by atoms with Crippen LogP contribution in [0.3, 0.4) is 0 Å². The minimum absolute atomic E-state index is 0.101. The van der Waals surface area contributed by atoms with Crippen LogP contribution in [0, 0.1) is 0 Å². The zero-order chi connectivity index (χ0) is 35.6. The topological polar surface area (TPSA) is 20.2 Å². The molecular weight excluding hydrogens is 675 g/mol. The summed E-state index contributed by atoms with van der Waals surface area (Å²) >= 11 is 1.91. The van der Waals surface area contributed by atoms with Gasteiger partial charge in [-0.2, -0.15) is 0 Å². The molecule has 2 unspecified atom stereocenters. The van der Waals surface area contributed by atoms with Gasteiger partial charge in [-0.3, -0.25) is 5.32 Å². The summed E-state index contributed by atoms with van der Waals surface area (Å²) in [6, 6.07) is 70.7. The van der Waals surface area contributed by atoms with Crippen molar-refractivity contribution in [1.29, 1.82) is 0 Å². The number of aromatic nitrogens is 1. The molecule has 0 amide bonds. The number of rotatable bonds is 6. The van der Waals surface area contributed by atoms with E-state index in [9.17, 15) is 0 Å². The van der Waals surface area contributed by atoms with Crippen molar-refractivity contribution < 1.29 is 0 Å².